The zero-order valence-electron chi connectivity index (χ0n) is 7.93. The largest absolute Gasteiger partial charge is 0.387 e. The summed E-state index contributed by atoms with van der Waals surface area (Å²) in [5.74, 6) is 1.61. The molecule has 0 saturated carbocycles. The van der Waals surface area contributed by atoms with Gasteiger partial charge in [-0.25, -0.2) is 0 Å². The van der Waals surface area contributed by atoms with Gasteiger partial charge in [-0.05, 0) is 12.3 Å². The van der Waals surface area contributed by atoms with E-state index in [2.05, 4.69) is 11.9 Å². The van der Waals surface area contributed by atoms with Gasteiger partial charge in [-0.3, -0.25) is 4.99 Å². The predicted octanol–water partition coefficient (Wildman–Crippen LogP) is 2.19. The van der Waals surface area contributed by atoms with Crippen molar-refractivity contribution >= 4 is 5.84 Å². The smallest absolute Gasteiger partial charge is 0.0940 e. The number of nitrogens with two attached hydrogens (primary N) is 1. The standard InChI is InChI=1S/C7H14N2.C2H6/c1-2-3-6-4-7(8)9-5-6;1-2/h6H,2-5H2,1H3,(H2,8,9);1-2H3/t6-;/m1./s1. The highest BCUT2D eigenvalue weighted by Crippen LogP contribution is 2.16. The van der Waals surface area contributed by atoms with Crippen LogP contribution in [-0.4, -0.2) is 12.4 Å². The molecule has 11 heavy (non-hydrogen) atoms. The summed E-state index contributed by atoms with van der Waals surface area (Å²) in [6.07, 6.45) is 3.57. The molecule has 0 amide bonds. The maximum absolute atomic E-state index is 5.51. The van der Waals surface area contributed by atoms with Crippen molar-refractivity contribution in [2.24, 2.45) is 16.6 Å². The van der Waals surface area contributed by atoms with E-state index in [1.165, 1.54) is 12.8 Å². The van der Waals surface area contributed by atoms with Crippen molar-refractivity contribution < 1.29 is 0 Å². The van der Waals surface area contributed by atoms with Gasteiger partial charge >= 0.3 is 0 Å². The summed E-state index contributed by atoms with van der Waals surface area (Å²) < 4.78 is 0. The third kappa shape index (κ3) is 4.02. The summed E-state index contributed by atoms with van der Waals surface area (Å²) in [6.45, 7) is 7.17. The molecule has 0 unspecified atom stereocenters. The number of amidine groups is 1. The van der Waals surface area contributed by atoms with E-state index in [-0.39, 0.29) is 0 Å². The van der Waals surface area contributed by atoms with Gasteiger partial charge in [-0.2, -0.15) is 0 Å². The molecule has 0 aromatic rings. The summed E-state index contributed by atoms with van der Waals surface area (Å²) >= 11 is 0. The van der Waals surface area contributed by atoms with Crippen molar-refractivity contribution in [1.29, 1.82) is 0 Å². The molecule has 66 valence electrons. The normalized spacial score (nSPS) is 22.1. The van der Waals surface area contributed by atoms with Crippen LogP contribution in [0, 0.1) is 5.92 Å². The molecule has 1 aliphatic rings. The molecule has 1 atom stereocenters. The van der Waals surface area contributed by atoms with Gasteiger partial charge in [0, 0.05) is 13.0 Å². The van der Waals surface area contributed by atoms with Crippen LogP contribution in [-0.2, 0) is 0 Å². The predicted molar refractivity (Wildman–Crippen MR) is 50.9 cm³/mol. The lowest BCUT2D eigenvalue weighted by Crippen LogP contribution is -2.09. The van der Waals surface area contributed by atoms with Gasteiger partial charge in [-0.1, -0.05) is 27.2 Å². The minimum absolute atomic E-state index is 0.759. The van der Waals surface area contributed by atoms with Crippen molar-refractivity contribution in [3.63, 3.8) is 0 Å². The fourth-order valence-corrected chi connectivity index (χ4v) is 1.27. The molecule has 0 saturated heterocycles. The first-order valence-corrected chi connectivity index (χ1v) is 4.61. The molecular weight excluding hydrogens is 136 g/mol. The van der Waals surface area contributed by atoms with Gasteiger partial charge in [-0.15, -0.1) is 0 Å². The molecule has 1 aliphatic heterocycles. The van der Waals surface area contributed by atoms with Crippen molar-refractivity contribution in [1.82, 2.24) is 0 Å². The molecule has 0 fully saturated rings. The molecule has 0 aromatic heterocycles. The maximum Gasteiger partial charge on any atom is 0.0940 e. The van der Waals surface area contributed by atoms with Gasteiger partial charge in [0.25, 0.3) is 0 Å². The Hall–Kier alpha value is -0.530. The highest BCUT2D eigenvalue weighted by molar-refractivity contribution is 5.82. The fourth-order valence-electron chi connectivity index (χ4n) is 1.27. The summed E-state index contributed by atoms with van der Waals surface area (Å²) in [6, 6.07) is 0. The van der Waals surface area contributed by atoms with Crippen LogP contribution in [0.25, 0.3) is 0 Å². The van der Waals surface area contributed by atoms with Crippen molar-refractivity contribution in [2.75, 3.05) is 6.54 Å². The second-order valence-corrected chi connectivity index (χ2v) is 2.69. The van der Waals surface area contributed by atoms with Crippen molar-refractivity contribution in [3.05, 3.63) is 0 Å². The summed E-state index contributed by atoms with van der Waals surface area (Å²) in [7, 11) is 0. The van der Waals surface area contributed by atoms with E-state index in [4.69, 9.17) is 5.73 Å². The van der Waals surface area contributed by atoms with Gasteiger partial charge in [0.15, 0.2) is 0 Å². The molecule has 1 heterocycles. The highest BCUT2D eigenvalue weighted by atomic mass is 14.9. The van der Waals surface area contributed by atoms with Gasteiger partial charge in [0.1, 0.15) is 0 Å². The monoisotopic (exact) mass is 156 g/mol. The third-order valence-electron chi connectivity index (χ3n) is 1.75. The number of hydrogen-bond acceptors (Lipinski definition) is 2. The van der Waals surface area contributed by atoms with Crippen LogP contribution in [0.15, 0.2) is 4.99 Å². The minimum Gasteiger partial charge on any atom is -0.387 e. The van der Waals surface area contributed by atoms with Crippen LogP contribution in [0.3, 0.4) is 0 Å². The molecule has 0 bridgehead atoms. The second kappa shape index (κ2) is 6.20. The van der Waals surface area contributed by atoms with Gasteiger partial charge in [0.05, 0.1) is 5.84 Å². The van der Waals surface area contributed by atoms with E-state index in [9.17, 15) is 0 Å². The zero-order chi connectivity index (χ0) is 8.69. The Labute approximate surface area is 69.9 Å². The van der Waals surface area contributed by atoms with E-state index in [1.54, 1.807) is 0 Å². The number of hydrogen-bond donors (Lipinski definition) is 1. The zero-order valence-corrected chi connectivity index (χ0v) is 7.93. The van der Waals surface area contributed by atoms with Crippen LogP contribution in [0.4, 0.5) is 0 Å². The first-order chi connectivity index (χ1) is 5.33. The molecule has 0 radical (unpaired) electrons. The van der Waals surface area contributed by atoms with Gasteiger partial charge in [0.2, 0.25) is 0 Å². The average Bonchev–Trinajstić information content (AvgIpc) is 2.41. The van der Waals surface area contributed by atoms with Crippen LogP contribution < -0.4 is 5.73 Å². The Balaban J connectivity index is 0.000000461. The Bertz CT molecular complexity index is 119. The van der Waals surface area contributed by atoms with Gasteiger partial charge < -0.3 is 5.73 Å². The van der Waals surface area contributed by atoms with Crippen LogP contribution in [0.5, 0.6) is 0 Å². The molecule has 2 nitrogen and oxygen atoms in total. The lowest BCUT2D eigenvalue weighted by Gasteiger charge is -2.02. The summed E-state index contributed by atoms with van der Waals surface area (Å²) in [4.78, 5) is 4.13. The van der Waals surface area contributed by atoms with E-state index in [0.29, 0.717) is 0 Å². The van der Waals surface area contributed by atoms with E-state index >= 15 is 0 Å². The molecular formula is C9H20N2. The van der Waals surface area contributed by atoms with E-state index in [0.717, 1.165) is 24.7 Å². The average molecular weight is 156 g/mol. The summed E-state index contributed by atoms with van der Waals surface area (Å²) in [5, 5.41) is 0. The number of nitrogens with zero attached hydrogens (tertiary/aromatic N) is 1. The first-order valence-electron chi connectivity index (χ1n) is 4.61. The van der Waals surface area contributed by atoms with Crippen molar-refractivity contribution in [3.8, 4) is 0 Å². The molecule has 2 heteroatoms. The second-order valence-electron chi connectivity index (χ2n) is 2.69. The molecule has 0 aliphatic carbocycles. The Morgan fingerprint density at radius 1 is 1.55 bits per heavy atom. The minimum atomic E-state index is 0.759. The van der Waals surface area contributed by atoms with E-state index in [1.807, 2.05) is 13.8 Å². The Kier molecular flexibility index (Phi) is 5.90. The summed E-state index contributed by atoms with van der Waals surface area (Å²) in [5.41, 5.74) is 5.51. The first kappa shape index (κ1) is 10.5. The maximum atomic E-state index is 5.51. The highest BCUT2D eigenvalue weighted by Gasteiger charge is 2.14. The van der Waals surface area contributed by atoms with Crippen LogP contribution >= 0.6 is 0 Å². The molecule has 1 rings (SSSR count). The molecule has 0 spiro atoms. The third-order valence-corrected chi connectivity index (χ3v) is 1.75. The van der Waals surface area contributed by atoms with Crippen molar-refractivity contribution in [2.45, 2.75) is 40.0 Å². The van der Waals surface area contributed by atoms with Crippen LogP contribution in [0.2, 0.25) is 0 Å². The number of rotatable bonds is 2. The van der Waals surface area contributed by atoms with E-state index < -0.39 is 0 Å². The quantitative estimate of drug-likeness (QED) is 0.654. The molecule has 2 N–H and O–H groups in total. The lowest BCUT2D eigenvalue weighted by molar-refractivity contribution is 0.533. The number of aliphatic imine (C=N–C) groups is 1. The Morgan fingerprint density at radius 2 is 2.18 bits per heavy atom. The topological polar surface area (TPSA) is 38.4 Å². The van der Waals surface area contributed by atoms with Crippen LogP contribution in [0.1, 0.15) is 40.0 Å². The lowest BCUT2D eigenvalue weighted by atomic mass is 10.0. The SMILES string of the molecule is CC.CCC[C@H]1CN=C(N)C1. The molecule has 0 aromatic carbocycles. The fraction of sp³-hybridized carbons (Fsp3) is 0.889. The Morgan fingerprint density at radius 3 is 2.55 bits per heavy atom.